The van der Waals surface area contributed by atoms with Crippen LogP contribution in [0.3, 0.4) is 0 Å². The largest absolute Gasteiger partial charge is 0.496 e. The lowest BCUT2D eigenvalue weighted by atomic mass is 9.99. The number of nitrogens with zero attached hydrogens (tertiary/aromatic N) is 3. The van der Waals surface area contributed by atoms with E-state index in [-0.39, 0.29) is 6.03 Å². The number of benzene rings is 1. The number of hydrogen-bond donors (Lipinski definition) is 1. The summed E-state index contributed by atoms with van der Waals surface area (Å²) >= 11 is 0. The molecule has 6 heteroatoms. The zero-order chi connectivity index (χ0) is 16.2. The molecule has 0 spiro atoms. The third-order valence-electron chi connectivity index (χ3n) is 4.12. The smallest absolute Gasteiger partial charge is 0.323 e. The molecule has 1 aromatic carbocycles. The SMILES string of the molecule is CCCn1nccc1NC(=O)N1CCc2c(cccc2OC)C1. The van der Waals surface area contributed by atoms with Crippen molar-refractivity contribution in [1.82, 2.24) is 14.7 Å². The predicted molar refractivity (Wildman–Crippen MR) is 88.6 cm³/mol. The van der Waals surface area contributed by atoms with Gasteiger partial charge in [0.05, 0.1) is 13.3 Å². The number of carbonyl (C=O) groups excluding carboxylic acids is 1. The Bertz CT molecular complexity index is 696. The molecule has 0 aliphatic carbocycles. The first-order valence-electron chi connectivity index (χ1n) is 7.95. The normalized spacial score (nSPS) is 13.6. The van der Waals surface area contributed by atoms with Crippen molar-refractivity contribution in [3.63, 3.8) is 0 Å². The standard InChI is InChI=1S/C17H22N4O2/c1-3-10-21-16(7-9-18-21)19-17(22)20-11-8-14-13(12-20)5-4-6-15(14)23-2/h4-7,9H,3,8,10-12H2,1-2H3,(H,19,22). The van der Waals surface area contributed by atoms with E-state index in [1.54, 1.807) is 13.3 Å². The molecule has 1 aliphatic rings. The highest BCUT2D eigenvalue weighted by Gasteiger charge is 2.23. The summed E-state index contributed by atoms with van der Waals surface area (Å²) in [6.45, 7) is 4.16. The van der Waals surface area contributed by atoms with E-state index in [1.165, 1.54) is 5.56 Å². The van der Waals surface area contributed by atoms with E-state index in [1.807, 2.05) is 27.8 Å². The highest BCUT2D eigenvalue weighted by Crippen LogP contribution is 2.28. The number of urea groups is 1. The predicted octanol–water partition coefficient (Wildman–Crippen LogP) is 2.89. The first-order chi connectivity index (χ1) is 11.2. The van der Waals surface area contributed by atoms with E-state index in [0.29, 0.717) is 13.1 Å². The van der Waals surface area contributed by atoms with Gasteiger partial charge in [-0.25, -0.2) is 9.48 Å². The van der Waals surface area contributed by atoms with E-state index in [0.717, 1.165) is 36.5 Å². The fourth-order valence-electron chi connectivity index (χ4n) is 2.96. The fourth-order valence-corrected chi connectivity index (χ4v) is 2.96. The second-order valence-electron chi connectivity index (χ2n) is 5.64. The van der Waals surface area contributed by atoms with Gasteiger partial charge in [-0.05, 0) is 24.5 Å². The summed E-state index contributed by atoms with van der Waals surface area (Å²) in [6.07, 6.45) is 3.49. The van der Waals surface area contributed by atoms with Gasteiger partial charge in [0.25, 0.3) is 0 Å². The molecule has 0 radical (unpaired) electrons. The van der Waals surface area contributed by atoms with E-state index in [9.17, 15) is 4.79 Å². The number of carbonyl (C=O) groups is 1. The fraction of sp³-hybridized carbons (Fsp3) is 0.412. The number of methoxy groups -OCH3 is 1. The Balaban J connectivity index is 1.71. The van der Waals surface area contributed by atoms with Crippen molar-refractivity contribution in [1.29, 1.82) is 0 Å². The van der Waals surface area contributed by atoms with Gasteiger partial charge in [0.15, 0.2) is 0 Å². The number of fused-ring (bicyclic) bond motifs is 1. The number of rotatable bonds is 4. The van der Waals surface area contributed by atoms with Crippen molar-refractivity contribution >= 4 is 11.8 Å². The molecule has 0 atom stereocenters. The van der Waals surface area contributed by atoms with E-state index >= 15 is 0 Å². The highest BCUT2D eigenvalue weighted by atomic mass is 16.5. The van der Waals surface area contributed by atoms with Gasteiger partial charge in [-0.15, -0.1) is 0 Å². The molecular formula is C17H22N4O2. The molecular weight excluding hydrogens is 292 g/mol. The molecule has 2 heterocycles. The minimum absolute atomic E-state index is 0.0867. The van der Waals surface area contributed by atoms with Gasteiger partial charge >= 0.3 is 6.03 Å². The van der Waals surface area contributed by atoms with Crippen LogP contribution in [0.1, 0.15) is 24.5 Å². The number of amides is 2. The zero-order valence-electron chi connectivity index (χ0n) is 13.6. The van der Waals surface area contributed by atoms with Gasteiger partial charge in [-0.2, -0.15) is 5.10 Å². The molecule has 0 unspecified atom stereocenters. The Morgan fingerprint density at radius 1 is 1.39 bits per heavy atom. The van der Waals surface area contributed by atoms with Crippen LogP contribution in [0, 0.1) is 0 Å². The Labute approximate surface area is 136 Å². The van der Waals surface area contributed by atoms with E-state index < -0.39 is 0 Å². The minimum atomic E-state index is -0.0867. The number of nitrogens with one attached hydrogen (secondary N) is 1. The summed E-state index contributed by atoms with van der Waals surface area (Å²) < 4.78 is 7.22. The van der Waals surface area contributed by atoms with Crippen molar-refractivity contribution in [2.24, 2.45) is 0 Å². The minimum Gasteiger partial charge on any atom is -0.496 e. The van der Waals surface area contributed by atoms with Crippen LogP contribution in [-0.4, -0.2) is 34.4 Å². The maximum absolute atomic E-state index is 12.5. The summed E-state index contributed by atoms with van der Waals surface area (Å²) in [7, 11) is 1.68. The van der Waals surface area contributed by atoms with Crippen molar-refractivity contribution < 1.29 is 9.53 Å². The van der Waals surface area contributed by atoms with Gasteiger partial charge in [0.2, 0.25) is 0 Å². The lowest BCUT2D eigenvalue weighted by Gasteiger charge is -2.29. The Morgan fingerprint density at radius 3 is 3.04 bits per heavy atom. The number of hydrogen-bond acceptors (Lipinski definition) is 3. The first-order valence-corrected chi connectivity index (χ1v) is 7.95. The van der Waals surface area contributed by atoms with Crippen molar-refractivity contribution in [2.75, 3.05) is 19.0 Å². The third-order valence-corrected chi connectivity index (χ3v) is 4.12. The van der Waals surface area contributed by atoms with Crippen LogP contribution in [0.2, 0.25) is 0 Å². The summed E-state index contributed by atoms with van der Waals surface area (Å²) in [5, 5.41) is 7.19. The average Bonchev–Trinajstić information content (AvgIpc) is 3.01. The van der Waals surface area contributed by atoms with Gasteiger partial charge in [-0.3, -0.25) is 5.32 Å². The van der Waals surface area contributed by atoms with Crippen LogP contribution in [0.5, 0.6) is 5.75 Å². The number of aromatic nitrogens is 2. The van der Waals surface area contributed by atoms with Crippen LogP contribution in [0.4, 0.5) is 10.6 Å². The second-order valence-corrected chi connectivity index (χ2v) is 5.64. The van der Waals surface area contributed by atoms with Crippen molar-refractivity contribution in [3.8, 4) is 5.75 Å². The highest BCUT2D eigenvalue weighted by molar-refractivity contribution is 5.88. The monoisotopic (exact) mass is 314 g/mol. The quantitative estimate of drug-likeness (QED) is 0.944. The molecule has 2 amide bonds. The van der Waals surface area contributed by atoms with Crippen LogP contribution < -0.4 is 10.1 Å². The topological polar surface area (TPSA) is 59.4 Å². The molecule has 0 fully saturated rings. The van der Waals surface area contributed by atoms with E-state index in [4.69, 9.17) is 4.74 Å². The molecule has 23 heavy (non-hydrogen) atoms. The van der Waals surface area contributed by atoms with Gasteiger partial charge in [0.1, 0.15) is 11.6 Å². The van der Waals surface area contributed by atoms with Crippen LogP contribution in [0.15, 0.2) is 30.5 Å². The number of aryl methyl sites for hydroxylation is 1. The Hall–Kier alpha value is -2.50. The first kappa shape index (κ1) is 15.4. The third kappa shape index (κ3) is 3.16. The zero-order valence-corrected chi connectivity index (χ0v) is 13.6. The molecule has 0 bridgehead atoms. The molecule has 0 saturated heterocycles. The summed E-state index contributed by atoms with van der Waals surface area (Å²) in [5.74, 6) is 1.65. The molecule has 122 valence electrons. The molecule has 1 aromatic heterocycles. The molecule has 2 aromatic rings. The molecule has 6 nitrogen and oxygen atoms in total. The van der Waals surface area contributed by atoms with Crippen LogP contribution in [0.25, 0.3) is 0 Å². The molecule has 3 rings (SSSR count). The molecule has 1 aliphatic heterocycles. The van der Waals surface area contributed by atoms with Crippen LogP contribution in [-0.2, 0) is 19.5 Å². The summed E-state index contributed by atoms with van der Waals surface area (Å²) in [6, 6.07) is 7.73. The maximum atomic E-state index is 12.5. The lowest BCUT2D eigenvalue weighted by Crippen LogP contribution is -2.39. The van der Waals surface area contributed by atoms with E-state index in [2.05, 4.69) is 23.4 Å². The lowest BCUT2D eigenvalue weighted by molar-refractivity contribution is 0.205. The van der Waals surface area contributed by atoms with Crippen LogP contribution >= 0.6 is 0 Å². The number of ether oxygens (including phenoxy) is 1. The summed E-state index contributed by atoms with van der Waals surface area (Å²) in [5.41, 5.74) is 2.35. The number of anilines is 1. The molecule has 0 saturated carbocycles. The second kappa shape index (κ2) is 6.73. The average molecular weight is 314 g/mol. The van der Waals surface area contributed by atoms with Gasteiger partial charge in [-0.1, -0.05) is 19.1 Å². The van der Waals surface area contributed by atoms with Gasteiger partial charge < -0.3 is 9.64 Å². The molecule has 1 N–H and O–H groups in total. The van der Waals surface area contributed by atoms with Gasteiger partial charge in [0, 0.05) is 31.3 Å². The Morgan fingerprint density at radius 2 is 2.26 bits per heavy atom. The van der Waals surface area contributed by atoms with Crippen molar-refractivity contribution in [2.45, 2.75) is 32.9 Å². The Kier molecular flexibility index (Phi) is 4.50. The maximum Gasteiger partial charge on any atom is 0.323 e. The summed E-state index contributed by atoms with van der Waals surface area (Å²) in [4.78, 5) is 14.4. The van der Waals surface area contributed by atoms with Crippen molar-refractivity contribution in [3.05, 3.63) is 41.6 Å².